The van der Waals surface area contributed by atoms with E-state index in [1.807, 2.05) is 30.5 Å². The van der Waals surface area contributed by atoms with Crippen LogP contribution in [0, 0.1) is 0 Å². The largest absolute Gasteiger partial charge is 0.506 e. The molecular weight excluding hydrogens is 394 g/mol. The first-order chi connectivity index (χ1) is 14.6. The fraction of sp³-hybridized carbons (Fsp3) is 0.320. The fourth-order valence-electron chi connectivity index (χ4n) is 5.06. The number of phenols is 1. The van der Waals surface area contributed by atoms with Crippen LogP contribution in [0.2, 0.25) is 5.02 Å². The van der Waals surface area contributed by atoms with Gasteiger partial charge in [0.15, 0.2) is 0 Å². The van der Waals surface area contributed by atoms with Gasteiger partial charge in [-0.3, -0.25) is 4.98 Å². The highest BCUT2D eigenvalue weighted by molar-refractivity contribution is 6.32. The average Bonchev–Trinajstić information content (AvgIpc) is 2.90. The van der Waals surface area contributed by atoms with E-state index in [1.54, 1.807) is 6.20 Å². The standard InChI is InChI=1S/C25H26ClN3O/c1-29-10-8-18-12-22(26)24(30)13-21(18)25-20-11-16(4-5-17(20)6-7-23(25)29)14-28-19-3-2-9-27-15-19/h2-5,9,11-13,15,23,25,28,30H,6-8,10,14H2,1H3/t23-,25+/m0/s1. The van der Waals surface area contributed by atoms with Crippen LogP contribution >= 0.6 is 11.6 Å². The summed E-state index contributed by atoms with van der Waals surface area (Å²) in [6.45, 7) is 1.76. The van der Waals surface area contributed by atoms with E-state index in [9.17, 15) is 5.11 Å². The second-order valence-corrected chi connectivity index (χ2v) is 8.85. The molecule has 0 spiro atoms. The summed E-state index contributed by atoms with van der Waals surface area (Å²) in [5, 5.41) is 14.3. The lowest BCUT2D eigenvalue weighted by atomic mass is 9.74. The van der Waals surface area contributed by atoms with Gasteiger partial charge in [0.05, 0.1) is 10.7 Å². The first-order valence-electron chi connectivity index (χ1n) is 10.6. The first-order valence-corrected chi connectivity index (χ1v) is 10.9. The number of aromatic nitrogens is 1. The molecule has 1 aromatic heterocycles. The summed E-state index contributed by atoms with van der Waals surface area (Å²) in [5.74, 6) is 0.429. The molecule has 5 rings (SSSR count). The molecule has 2 aliphatic rings. The zero-order valence-electron chi connectivity index (χ0n) is 17.1. The van der Waals surface area contributed by atoms with Crippen LogP contribution in [0.25, 0.3) is 0 Å². The monoisotopic (exact) mass is 419 g/mol. The Balaban J connectivity index is 1.54. The van der Waals surface area contributed by atoms with E-state index >= 15 is 0 Å². The van der Waals surface area contributed by atoms with Crippen molar-refractivity contribution in [1.82, 2.24) is 9.88 Å². The Morgan fingerprint density at radius 2 is 2.00 bits per heavy atom. The highest BCUT2D eigenvalue weighted by atomic mass is 35.5. The molecule has 0 saturated heterocycles. The molecule has 4 nitrogen and oxygen atoms in total. The molecule has 30 heavy (non-hydrogen) atoms. The number of rotatable bonds is 3. The van der Waals surface area contributed by atoms with Gasteiger partial charge in [0.1, 0.15) is 5.75 Å². The van der Waals surface area contributed by atoms with Crippen molar-refractivity contribution in [2.75, 3.05) is 18.9 Å². The van der Waals surface area contributed by atoms with Gasteiger partial charge in [0.2, 0.25) is 0 Å². The van der Waals surface area contributed by atoms with E-state index in [4.69, 9.17) is 11.6 Å². The summed E-state index contributed by atoms with van der Waals surface area (Å²) < 4.78 is 0. The number of aryl methyl sites for hydroxylation is 1. The van der Waals surface area contributed by atoms with Crippen molar-refractivity contribution in [3.8, 4) is 5.75 Å². The van der Waals surface area contributed by atoms with Crippen molar-refractivity contribution in [1.29, 1.82) is 0 Å². The molecule has 2 aromatic carbocycles. The van der Waals surface area contributed by atoms with Crippen molar-refractivity contribution in [3.05, 3.63) is 87.7 Å². The van der Waals surface area contributed by atoms with Crippen molar-refractivity contribution in [3.63, 3.8) is 0 Å². The Labute approximate surface area is 182 Å². The summed E-state index contributed by atoms with van der Waals surface area (Å²) in [7, 11) is 2.23. The highest BCUT2D eigenvalue weighted by Gasteiger charge is 2.37. The van der Waals surface area contributed by atoms with Gasteiger partial charge in [0, 0.05) is 37.4 Å². The number of fused-ring (bicyclic) bond motifs is 5. The van der Waals surface area contributed by atoms with Crippen molar-refractivity contribution in [2.24, 2.45) is 0 Å². The van der Waals surface area contributed by atoms with E-state index in [0.29, 0.717) is 11.1 Å². The van der Waals surface area contributed by atoms with Crippen LogP contribution in [0.5, 0.6) is 5.75 Å². The van der Waals surface area contributed by atoms with Crippen LogP contribution in [-0.2, 0) is 19.4 Å². The number of hydrogen-bond acceptors (Lipinski definition) is 4. The van der Waals surface area contributed by atoms with Crippen LogP contribution < -0.4 is 5.32 Å². The Kier molecular flexibility index (Phi) is 5.13. The maximum Gasteiger partial charge on any atom is 0.134 e. The molecule has 1 aliphatic heterocycles. The number of nitrogens with zero attached hydrogens (tertiary/aromatic N) is 2. The predicted octanol–water partition coefficient (Wildman–Crippen LogP) is 4.99. The van der Waals surface area contributed by atoms with Crippen LogP contribution in [-0.4, -0.2) is 34.6 Å². The molecule has 154 valence electrons. The molecule has 1 aliphatic carbocycles. The number of likely N-dealkylation sites (N-methyl/N-ethyl adjacent to an activating group) is 1. The summed E-state index contributed by atoms with van der Waals surface area (Å²) in [4.78, 5) is 6.66. The lowest BCUT2D eigenvalue weighted by Gasteiger charge is -2.38. The molecule has 0 fully saturated rings. The van der Waals surface area contributed by atoms with E-state index in [0.717, 1.165) is 38.0 Å². The molecule has 3 aromatic rings. The number of anilines is 1. The average molecular weight is 420 g/mol. The summed E-state index contributed by atoms with van der Waals surface area (Å²) in [6.07, 6.45) is 6.80. The van der Waals surface area contributed by atoms with Crippen molar-refractivity contribution >= 4 is 17.3 Å². The number of phenolic OH excluding ortho intramolecular Hbond substituents is 1. The maximum atomic E-state index is 10.4. The van der Waals surface area contributed by atoms with Gasteiger partial charge in [-0.15, -0.1) is 0 Å². The minimum absolute atomic E-state index is 0.181. The molecular formula is C25H26ClN3O. The number of benzene rings is 2. The van der Waals surface area contributed by atoms with Crippen LogP contribution in [0.4, 0.5) is 5.69 Å². The third kappa shape index (κ3) is 3.55. The molecule has 0 bridgehead atoms. The Morgan fingerprint density at radius 3 is 2.83 bits per heavy atom. The Bertz CT molecular complexity index is 1070. The zero-order chi connectivity index (χ0) is 20.7. The second kappa shape index (κ2) is 7.93. The Morgan fingerprint density at radius 1 is 1.13 bits per heavy atom. The molecule has 2 N–H and O–H groups in total. The predicted molar refractivity (Wildman–Crippen MR) is 121 cm³/mol. The summed E-state index contributed by atoms with van der Waals surface area (Å²) in [5.41, 5.74) is 7.55. The maximum absolute atomic E-state index is 10.4. The minimum Gasteiger partial charge on any atom is -0.506 e. The van der Waals surface area contributed by atoms with Gasteiger partial charge >= 0.3 is 0 Å². The van der Waals surface area contributed by atoms with Crippen molar-refractivity contribution in [2.45, 2.75) is 37.8 Å². The number of aromatic hydroxyl groups is 1. The number of nitrogens with one attached hydrogen (secondary N) is 1. The summed E-state index contributed by atoms with van der Waals surface area (Å²) >= 11 is 6.26. The molecule has 2 atom stereocenters. The van der Waals surface area contributed by atoms with E-state index in [2.05, 4.69) is 40.4 Å². The lowest BCUT2D eigenvalue weighted by Crippen LogP contribution is -2.39. The van der Waals surface area contributed by atoms with Gasteiger partial charge in [-0.25, -0.2) is 0 Å². The van der Waals surface area contributed by atoms with Gasteiger partial charge < -0.3 is 15.3 Å². The van der Waals surface area contributed by atoms with Gasteiger partial charge in [0.25, 0.3) is 0 Å². The highest BCUT2D eigenvalue weighted by Crippen LogP contribution is 2.44. The van der Waals surface area contributed by atoms with Crippen LogP contribution in [0.3, 0.4) is 0 Å². The van der Waals surface area contributed by atoms with Crippen molar-refractivity contribution < 1.29 is 5.11 Å². The molecule has 0 radical (unpaired) electrons. The van der Waals surface area contributed by atoms with E-state index in [1.165, 1.54) is 27.8 Å². The smallest absolute Gasteiger partial charge is 0.134 e. The van der Waals surface area contributed by atoms with Gasteiger partial charge in [-0.2, -0.15) is 0 Å². The molecule has 5 heteroatoms. The summed E-state index contributed by atoms with van der Waals surface area (Å²) in [6, 6.07) is 15.1. The van der Waals surface area contributed by atoms with Crippen LogP contribution in [0.1, 0.15) is 40.2 Å². The third-order valence-electron chi connectivity index (χ3n) is 6.64. The topological polar surface area (TPSA) is 48.4 Å². The minimum atomic E-state index is 0.181. The SMILES string of the molecule is CN1CCc2cc(Cl)c(O)cc2[C@H]2c3cc(CNc4cccnc4)ccc3CC[C@@H]21. The molecule has 0 unspecified atom stereocenters. The van der Waals surface area contributed by atoms with Gasteiger partial charge in [-0.1, -0.05) is 29.8 Å². The lowest BCUT2D eigenvalue weighted by molar-refractivity contribution is 0.214. The normalized spacial score (nSPS) is 20.6. The third-order valence-corrected chi connectivity index (χ3v) is 6.94. The van der Waals surface area contributed by atoms with E-state index in [-0.39, 0.29) is 11.7 Å². The Hall–Kier alpha value is -2.56. The quantitative estimate of drug-likeness (QED) is 0.628. The molecule has 0 saturated carbocycles. The van der Waals surface area contributed by atoms with Crippen LogP contribution in [0.15, 0.2) is 54.9 Å². The zero-order valence-corrected chi connectivity index (χ0v) is 17.9. The molecule has 2 heterocycles. The fourth-order valence-corrected chi connectivity index (χ4v) is 5.24. The molecule has 0 amide bonds. The number of pyridine rings is 1. The first kappa shape index (κ1) is 19.4. The number of hydrogen-bond donors (Lipinski definition) is 2. The van der Waals surface area contributed by atoms with Gasteiger partial charge in [-0.05, 0) is 78.4 Å². The second-order valence-electron chi connectivity index (χ2n) is 8.45. The number of halogens is 1. The van der Waals surface area contributed by atoms with E-state index < -0.39 is 0 Å².